The van der Waals surface area contributed by atoms with Crippen LogP contribution in [0.15, 0.2) is 66.7 Å². The second-order valence-electron chi connectivity index (χ2n) is 6.48. The Bertz CT molecular complexity index is 974. The van der Waals surface area contributed by atoms with Crippen LogP contribution in [0.3, 0.4) is 0 Å². The molecular weight excluding hydrogens is 371 g/mol. The summed E-state index contributed by atoms with van der Waals surface area (Å²) in [4.78, 5) is 11.1. The molecule has 1 amide bonds. The third-order valence-electron chi connectivity index (χ3n) is 4.27. The summed E-state index contributed by atoms with van der Waals surface area (Å²) in [6.07, 6.45) is 0. The summed E-state index contributed by atoms with van der Waals surface area (Å²) in [5.41, 5.74) is 3.17. The molecule has 5 nitrogen and oxygen atoms in total. The van der Waals surface area contributed by atoms with E-state index >= 15 is 0 Å². The highest BCUT2D eigenvalue weighted by Crippen LogP contribution is 2.29. The molecule has 0 bridgehead atoms. The van der Waals surface area contributed by atoms with Crippen molar-refractivity contribution in [3.8, 4) is 11.5 Å². The zero-order chi connectivity index (χ0) is 20.6. The first kappa shape index (κ1) is 20.2. The largest absolute Gasteiger partial charge is 0.493 e. The van der Waals surface area contributed by atoms with E-state index < -0.39 is 0 Å². The minimum atomic E-state index is -0.295. The Kier molecular flexibility index (Phi) is 6.68. The highest BCUT2D eigenvalue weighted by Gasteiger charge is 2.08. The van der Waals surface area contributed by atoms with Gasteiger partial charge in [0, 0.05) is 30.4 Å². The van der Waals surface area contributed by atoms with E-state index in [4.69, 9.17) is 9.47 Å². The molecule has 3 aromatic rings. The van der Waals surface area contributed by atoms with E-state index in [1.807, 2.05) is 42.5 Å². The highest BCUT2D eigenvalue weighted by atomic mass is 19.1. The second-order valence-corrected chi connectivity index (χ2v) is 6.48. The number of carbonyl (C=O) groups excluding carboxylic acids is 1. The average Bonchev–Trinajstić information content (AvgIpc) is 2.72. The first-order valence-electron chi connectivity index (χ1n) is 9.20. The molecule has 0 atom stereocenters. The number of hydrogen-bond donors (Lipinski definition) is 2. The van der Waals surface area contributed by atoms with Gasteiger partial charge in [-0.3, -0.25) is 4.79 Å². The van der Waals surface area contributed by atoms with Crippen molar-refractivity contribution < 1.29 is 18.7 Å². The molecular formula is C23H23FN2O3. The van der Waals surface area contributed by atoms with Crippen molar-refractivity contribution in [2.45, 2.75) is 20.1 Å². The van der Waals surface area contributed by atoms with Crippen LogP contribution in [0.1, 0.15) is 18.1 Å². The van der Waals surface area contributed by atoms with Gasteiger partial charge in [-0.1, -0.05) is 24.3 Å². The minimum Gasteiger partial charge on any atom is -0.493 e. The van der Waals surface area contributed by atoms with Crippen LogP contribution in [-0.4, -0.2) is 13.0 Å². The van der Waals surface area contributed by atoms with E-state index in [1.54, 1.807) is 25.3 Å². The average molecular weight is 394 g/mol. The molecule has 0 saturated carbocycles. The molecule has 0 aromatic heterocycles. The zero-order valence-electron chi connectivity index (χ0n) is 16.4. The molecule has 0 aliphatic heterocycles. The van der Waals surface area contributed by atoms with E-state index in [1.165, 1.54) is 13.0 Å². The van der Waals surface area contributed by atoms with Gasteiger partial charge in [0.2, 0.25) is 5.91 Å². The summed E-state index contributed by atoms with van der Waals surface area (Å²) in [5, 5.41) is 6.05. The quantitative estimate of drug-likeness (QED) is 0.565. The van der Waals surface area contributed by atoms with Crippen molar-refractivity contribution in [2.75, 3.05) is 17.7 Å². The summed E-state index contributed by atoms with van der Waals surface area (Å²) < 4.78 is 24.9. The molecule has 6 heteroatoms. The number of ether oxygens (including phenoxy) is 2. The molecule has 3 aromatic carbocycles. The van der Waals surface area contributed by atoms with Crippen LogP contribution in [0, 0.1) is 5.82 Å². The van der Waals surface area contributed by atoms with Crippen molar-refractivity contribution in [2.24, 2.45) is 0 Å². The number of hydrogen-bond acceptors (Lipinski definition) is 4. The predicted octanol–water partition coefficient (Wildman–Crippen LogP) is 4.98. The second kappa shape index (κ2) is 9.59. The van der Waals surface area contributed by atoms with Crippen molar-refractivity contribution >= 4 is 17.3 Å². The van der Waals surface area contributed by atoms with Crippen LogP contribution in [0.25, 0.3) is 0 Å². The fraction of sp³-hybridized carbons (Fsp3) is 0.174. The van der Waals surface area contributed by atoms with Crippen molar-refractivity contribution in [1.82, 2.24) is 0 Å². The van der Waals surface area contributed by atoms with Gasteiger partial charge in [-0.15, -0.1) is 0 Å². The maximum Gasteiger partial charge on any atom is 0.221 e. The summed E-state index contributed by atoms with van der Waals surface area (Å²) in [6.45, 7) is 2.19. The SMILES string of the molecule is COc1cc(CNc2ccc(NC(C)=O)cc2)ccc1OCc1ccccc1F. The number of halogens is 1. The predicted molar refractivity (Wildman–Crippen MR) is 112 cm³/mol. The number of carbonyl (C=O) groups is 1. The maximum atomic E-state index is 13.7. The van der Waals surface area contributed by atoms with Crippen LogP contribution in [0.5, 0.6) is 11.5 Å². The standard InChI is InChI=1S/C23H23FN2O3/c1-16(27)26-20-10-8-19(9-11-20)25-14-17-7-12-22(23(13-17)28-2)29-15-18-5-3-4-6-21(18)24/h3-13,25H,14-15H2,1-2H3,(H,26,27). The van der Waals surface area contributed by atoms with Crippen molar-refractivity contribution in [3.63, 3.8) is 0 Å². The van der Waals surface area contributed by atoms with Gasteiger partial charge in [0.15, 0.2) is 11.5 Å². The summed E-state index contributed by atoms with van der Waals surface area (Å²) in [7, 11) is 1.57. The molecule has 2 N–H and O–H groups in total. The fourth-order valence-electron chi connectivity index (χ4n) is 2.79. The fourth-order valence-corrected chi connectivity index (χ4v) is 2.79. The van der Waals surface area contributed by atoms with Gasteiger partial charge in [0.25, 0.3) is 0 Å². The van der Waals surface area contributed by atoms with Gasteiger partial charge in [-0.25, -0.2) is 4.39 Å². The molecule has 0 heterocycles. The van der Waals surface area contributed by atoms with Crippen LogP contribution in [0.4, 0.5) is 15.8 Å². The normalized spacial score (nSPS) is 10.3. The zero-order valence-corrected chi connectivity index (χ0v) is 16.4. The Hall–Kier alpha value is -3.54. The van der Waals surface area contributed by atoms with E-state index in [9.17, 15) is 9.18 Å². The van der Waals surface area contributed by atoms with Crippen LogP contribution in [0.2, 0.25) is 0 Å². The van der Waals surface area contributed by atoms with Crippen LogP contribution >= 0.6 is 0 Å². The smallest absolute Gasteiger partial charge is 0.221 e. The van der Waals surface area contributed by atoms with Crippen LogP contribution in [-0.2, 0) is 17.9 Å². The molecule has 0 saturated heterocycles. The Morgan fingerprint density at radius 1 is 0.966 bits per heavy atom. The van der Waals surface area contributed by atoms with Gasteiger partial charge in [-0.05, 0) is 48.0 Å². The Balaban J connectivity index is 1.61. The number of anilines is 2. The summed E-state index contributed by atoms with van der Waals surface area (Å²) >= 11 is 0. The Morgan fingerprint density at radius 3 is 2.38 bits per heavy atom. The Morgan fingerprint density at radius 2 is 1.69 bits per heavy atom. The topological polar surface area (TPSA) is 59.6 Å². The minimum absolute atomic E-state index is 0.102. The van der Waals surface area contributed by atoms with Crippen LogP contribution < -0.4 is 20.1 Å². The van der Waals surface area contributed by atoms with Gasteiger partial charge >= 0.3 is 0 Å². The molecule has 0 aliphatic carbocycles. The molecule has 3 rings (SSSR count). The third-order valence-corrected chi connectivity index (χ3v) is 4.27. The van der Waals surface area contributed by atoms with E-state index in [0.717, 1.165) is 16.9 Å². The number of benzene rings is 3. The number of nitrogens with one attached hydrogen (secondary N) is 2. The van der Waals surface area contributed by atoms with E-state index in [-0.39, 0.29) is 18.3 Å². The maximum absolute atomic E-state index is 13.7. The summed E-state index contributed by atoms with van der Waals surface area (Å²) in [6, 6.07) is 19.6. The van der Waals surface area contributed by atoms with Gasteiger partial charge in [-0.2, -0.15) is 0 Å². The Labute approximate surface area is 169 Å². The first-order chi connectivity index (χ1) is 14.0. The van der Waals surface area contributed by atoms with Gasteiger partial charge in [0.05, 0.1) is 7.11 Å². The molecule has 0 unspecified atom stereocenters. The molecule has 0 aliphatic rings. The lowest BCUT2D eigenvalue weighted by molar-refractivity contribution is -0.114. The van der Waals surface area contributed by atoms with Gasteiger partial charge < -0.3 is 20.1 Å². The molecule has 0 fully saturated rings. The van der Waals surface area contributed by atoms with E-state index in [2.05, 4.69) is 10.6 Å². The first-order valence-corrected chi connectivity index (χ1v) is 9.20. The number of amides is 1. The third kappa shape index (κ3) is 5.72. The van der Waals surface area contributed by atoms with Gasteiger partial charge in [0.1, 0.15) is 12.4 Å². The molecule has 29 heavy (non-hydrogen) atoms. The lowest BCUT2D eigenvalue weighted by atomic mass is 10.2. The molecule has 0 radical (unpaired) electrons. The number of rotatable bonds is 8. The van der Waals surface area contributed by atoms with Crippen molar-refractivity contribution in [1.29, 1.82) is 0 Å². The molecule has 150 valence electrons. The molecule has 0 spiro atoms. The monoisotopic (exact) mass is 394 g/mol. The summed E-state index contributed by atoms with van der Waals surface area (Å²) in [5.74, 6) is 0.743. The van der Waals surface area contributed by atoms with Crippen molar-refractivity contribution in [3.05, 3.63) is 83.7 Å². The van der Waals surface area contributed by atoms with E-state index in [0.29, 0.717) is 23.6 Å². The lowest BCUT2D eigenvalue weighted by Crippen LogP contribution is -2.06. The highest BCUT2D eigenvalue weighted by molar-refractivity contribution is 5.88. The number of methoxy groups -OCH3 is 1. The lowest BCUT2D eigenvalue weighted by Gasteiger charge is -2.13.